The van der Waals surface area contributed by atoms with E-state index >= 15 is 0 Å². The predicted octanol–water partition coefficient (Wildman–Crippen LogP) is 1.54. The lowest BCUT2D eigenvalue weighted by atomic mass is 9.99. The van der Waals surface area contributed by atoms with Crippen LogP contribution in [0.3, 0.4) is 0 Å². The lowest BCUT2D eigenvalue weighted by Crippen LogP contribution is -2.13. The van der Waals surface area contributed by atoms with Gasteiger partial charge in [0.2, 0.25) is 0 Å². The van der Waals surface area contributed by atoms with Gasteiger partial charge in [0.25, 0.3) is 11.2 Å². The van der Waals surface area contributed by atoms with Gasteiger partial charge in [0.05, 0.1) is 16.6 Å². The monoisotopic (exact) mass is 287 g/mol. The summed E-state index contributed by atoms with van der Waals surface area (Å²) in [6, 6.07) is 4.78. The minimum Gasteiger partial charge on any atom is -0.504 e. The fraction of sp³-hybridized carbons (Fsp3) is 0.0769. The number of nitrogens with zero attached hydrogens (tertiary/aromatic N) is 2. The summed E-state index contributed by atoms with van der Waals surface area (Å²) < 4.78 is 0. The lowest BCUT2D eigenvalue weighted by Gasteiger charge is -2.08. The van der Waals surface area contributed by atoms with Crippen LogP contribution in [-0.2, 0) is 0 Å². The van der Waals surface area contributed by atoms with Gasteiger partial charge in [-0.15, -0.1) is 0 Å². The quantitative estimate of drug-likeness (QED) is 0.434. The van der Waals surface area contributed by atoms with Gasteiger partial charge >= 0.3 is 0 Å². The van der Waals surface area contributed by atoms with E-state index in [0.29, 0.717) is 5.69 Å². The highest BCUT2D eigenvalue weighted by Crippen LogP contribution is 2.39. The summed E-state index contributed by atoms with van der Waals surface area (Å²) in [6.45, 7) is 1.55. The first kappa shape index (κ1) is 14.1. The van der Waals surface area contributed by atoms with Crippen molar-refractivity contribution in [2.24, 2.45) is 0 Å². The molecular weight excluding hydrogens is 278 g/mol. The fourth-order valence-corrected chi connectivity index (χ4v) is 1.94. The molecule has 0 amide bonds. The zero-order valence-electron chi connectivity index (χ0n) is 10.7. The number of nitrogens with one attached hydrogen (secondary N) is 1. The number of rotatable bonds is 2. The number of nitriles is 1. The van der Waals surface area contributed by atoms with Crippen molar-refractivity contribution in [1.82, 2.24) is 4.98 Å². The number of H-pyrrole nitrogens is 1. The van der Waals surface area contributed by atoms with Crippen molar-refractivity contribution in [3.05, 3.63) is 49.9 Å². The first-order valence-corrected chi connectivity index (χ1v) is 5.70. The number of nitro benzene ring substituents is 1. The fourth-order valence-electron chi connectivity index (χ4n) is 1.94. The Labute approximate surface area is 117 Å². The van der Waals surface area contributed by atoms with E-state index in [2.05, 4.69) is 4.98 Å². The number of phenolic OH excluding ortho intramolecular Hbond substituents is 2. The van der Waals surface area contributed by atoms with Gasteiger partial charge in [0.15, 0.2) is 11.5 Å². The zero-order valence-corrected chi connectivity index (χ0v) is 10.7. The van der Waals surface area contributed by atoms with Crippen LogP contribution in [0.4, 0.5) is 5.69 Å². The molecule has 0 aliphatic heterocycles. The molecule has 21 heavy (non-hydrogen) atoms. The maximum atomic E-state index is 11.7. The number of hydrogen-bond donors (Lipinski definition) is 3. The molecule has 0 fully saturated rings. The Kier molecular flexibility index (Phi) is 3.33. The second-order valence-electron chi connectivity index (χ2n) is 4.30. The Morgan fingerprint density at radius 2 is 1.86 bits per heavy atom. The van der Waals surface area contributed by atoms with Crippen molar-refractivity contribution in [3.8, 4) is 28.7 Å². The lowest BCUT2D eigenvalue weighted by molar-refractivity contribution is -0.384. The van der Waals surface area contributed by atoms with Gasteiger partial charge in [-0.3, -0.25) is 14.9 Å². The van der Waals surface area contributed by atoms with Crippen molar-refractivity contribution in [3.63, 3.8) is 0 Å². The molecule has 8 heteroatoms. The molecule has 2 aromatic rings. The molecule has 0 aliphatic carbocycles. The third-order valence-electron chi connectivity index (χ3n) is 2.86. The Morgan fingerprint density at radius 3 is 2.43 bits per heavy atom. The van der Waals surface area contributed by atoms with Crippen molar-refractivity contribution >= 4 is 5.69 Å². The van der Waals surface area contributed by atoms with E-state index in [4.69, 9.17) is 5.26 Å². The van der Waals surface area contributed by atoms with Crippen LogP contribution in [0.1, 0.15) is 11.3 Å². The zero-order chi connectivity index (χ0) is 15.7. The SMILES string of the molecule is Cc1cc(-c2cc(O)c(O)cc2[N+](=O)[O-])c(C#N)c(=O)[nH]1. The number of hydrogen-bond acceptors (Lipinski definition) is 6. The van der Waals surface area contributed by atoms with Gasteiger partial charge in [-0.1, -0.05) is 0 Å². The third kappa shape index (κ3) is 2.40. The predicted molar refractivity (Wildman–Crippen MR) is 71.9 cm³/mol. The average Bonchev–Trinajstić information content (AvgIpc) is 2.40. The molecule has 0 spiro atoms. The summed E-state index contributed by atoms with van der Waals surface area (Å²) in [4.78, 5) is 24.5. The van der Waals surface area contributed by atoms with Crippen LogP contribution in [0.2, 0.25) is 0 Å². The summed E-state index contributed by atoms with van der Waals surface area (Å²) in [6.07, 6.45) is 0. The Morgan fingerprint density at radius 1 is 1.24 bits per heavy atom. The molecule has 0 radical (unpaired) electrons. The highest BCUT2D eigenvalue weighted by atomic mass is 16.6. The molecule has 0 saturated carbocycles. The minimum atomic E-state index is -0.772. The molecule has 1 aromatic carbocycles. The van der Waals surface area contributed by atoms with Gasteiger partial charge in [0, 0.05) is 11.3 Å². The standard InChI is InChI=1S/C13H9N3O5/c1-6-2-7(9(5-14)13(19)15-6)8-3-11(17)12(18)4-10(8)16(20)21/h2-4,17-18H,1H3,(H,15,19). The molecular formula is C13H9N3O5. The summed E-state index contributed by atoms with van der Waals surface area (Å²) in [5.41, 5.74) is -1.23. The largest absolute Gasteiger partial charge is 0.504 e. The van der Waals surface area contributed by atoms with Crippen molar-refractivity contribution in [1.29, 1.82) is 5.26 Å². The van der Waals surface area contributed by atoms with Crippen LogP contribution in [0, 0.1) is 28.4 Å². The first-order valence-electron chi connectivity index (χ1n) is 5.70. The molecule has 0 unspecified atom stereocenters. The topological polar surface area (TPSA) is 140 Å². The van der Waals surface area contributed by atoms with E-state index in [1.54, 1.807) is 13.0 Å². The second kappa shape index (κ2) is 4.97. The van der Waals surface area contributed by atoms with E-state index in [1.807, 2.05) is 0 Å². The Bertz CT molecular complexity index is 848. The highest BCUT2D eigenvalue weighted by Gasteiger charge is 2.22. The van der Waals surface area contributed by atoms with Crippen LogP contribution >= 0.6 is 0 Å². The van der Waals surface area contributed by atoms with Crippen molar-refractivity contribution in [2.75, 3.05) is 0 Å². The molecule has 1 heterocycles. The van der Waals surface area contributed by atoms with Crippen molar-refractivity contribution in [2.45, 2.75) is 6.92 Å². The number of nitro groups is 1. The Balaban J connectivity index is 2.91. The highest BCUT2D eigenvalue weighted by molar-refractivity contribution is 5.80. The van der Waals surface area contributed by atoms with Gasteiger partial charge in [0.1, 0.15) is 11.6 Å². The average molecular weight is 287 g/mol. The third-order valence-corrected chi connectivity index (χ3v) is 2.86. The number of phenols is 2. The Hall–Kier alpha value is -3.34. The molecule has 8 nitrogen and oxygen atoms in total. The molecule has 106 valence electrons. The summed E-state index contributed by atoms with van der Waals surface area (Å²) in [5, 5.41) is 39.0. The number of pyridine rings is 1. The number of aromatic nitrogens is 1. The van der Waals surface area contributed by atoms with Gasteiger partial charge in [-0.2, -0.15) is 5.26 Å². The van der Waals surface area contributed by atoms with Crippen LogP contribution in [-0.4, -0.2) is 20.1 Å². The number of aromatic hydroxyl groups is 2. The van der Waals surface area contributed by atoms with E-state index in [0.717, 1.165) is 12.1 Å². The molecule has 0 bridgehead atoms. The maximum Gasteiger partial charge on any atom is 0.281 e. The molecule has 0 aliphatic rings. The molecule has 3 N–H and O–H groups in total. The summed E-state index contributed by atoms with van der Waals surface area (Å²) in [7, 11) is 0. The molecule has 0 atom stereocenters. The number of benzene rings is 1. The smallest absolute Gasteiger partial charge is 0.281 e. The van der Waals surface area contributed by atoms with E-state index in [-0.39, 0.29) is 16.7 Å². The van der Waals surface area contributed by atoms with E-state index < -0.39 is 27.7 Å². The van der Waals surface area contributed by atoms with Crippen LogP contribution in [0.25, 0.3) is 11.1 Å². The maximum absolute atomic E-state index is 11.7. The second-order valence-corrected chi connectivity index (χ2v) is 4.30. The molecule has 0 saturated heterocycles. The molecule has 2 rings (SSSR count). The minimum absolute atomic E-state index is 0.0146. The first-order chi connectivity index (χ1) is 9.85. The van der Waals surface area contributed by atoms with Gasteiger partial charge in [-0.05, 0) is 19.1 Å². The van der Waals surface area contributed by atoms with Gasteiger partial charge in [-0.25, -0.2) is 0 Å². The van der Waals surface area contributed by atoms with Crippen molar-refractivity contribution < 1.29 is 15.1 Å². The summed E-state index contributed by atoms with van der Waals surface area (Å²) >= 11 is 0. The normalized spacial score (nSPS) is 10.1. The van der Waals surface area contributed by atoms with E-state index in [9.17, 15) is 25.1 Å². The molecule has 1 aromatic heterocycles. The number of aromatic amines is 1. The summed E-state index contributed by atoms with van der Waals surface area (Å²) in [5.74, 6) is -1.25. The van der Waals surface area contributed by atoms with E-state index in [1.165, 1.54) is 6.07 Å². The van der Waals surface area contributed by atoms with Crippen LogP contribution in [0.15, 0.2) is 23.0 Å². The number of aryl methyl sites for hydroxylation is 1. The van der Waals surface area contributed by atoms with Crippen LogP contribution < -0.4 is 5.56 Å². The van der Waals surface area contributed by atoms with Crippen LogP contribution in [0.5, 0.6) is 11.5 Å². The van der Waals surface area contributed by atoms with Gasteiger partial charge < -0.3 is 15.2 Å².